The second kappa shape index (κ2) is 8.30. The van der Waals surface area contributed by atoms with E-state index in [9.17, 15) is 13.2 Å². The minimum atomic E-state index is -3.73. The molecular weight excluding hydrogens is 462 g/mol. The highest BCUT2D eigenvalue weighted by molar-refractivity contribution is 7.89. The summed E-state index contributed by atoms with van der Waals surface area (Å²) in [5.74, 6) is 2.35. The molecule has 1 amide bonds. The number of oxime groups is 1. The summed E-state index contributed by atoms with van der Waals surface area (Å²) in [5, 5.41) is 13.5. The van der Waals surface area contributed by atoms with E-state index in [1.54, 1.807) is 29.2 Å². The predicted octanol–water partition coefficient (Wildman–Crippen LogP) is 2.07. The van der Waals surface area contributed by atoms with Crippen LogP contribution in [0.4, 0.5) is 0 Å². The van der Waals surface area contributed by atoms with Crippen molar-refractivity contribution in [3.05, 3.63) is 45.4 Å². The number of benzene rings is 1. The summed E-state index contributed by atoms with van der Waals surface area (Å²) < 4.78 is 27.7. The fourth-order valence-electron chi connectivity index (χ4n) is 4.17. The number of amides is 1. The molecule has 1 aliphatic carbocycles. The molecule has 0 unspecified atom stereocenters. The maximum atomic E-state index is 13.2. The van der Waals surface area contributed by atoms with Gasteiger partial charge in [0.2, 0.25) is 0 Å². The normalized spacial score (nSPS) is 18.4. The number of piperazine rings is 1. The van der Waals surface area contributed by atoms with Gasteiger partial charge in [0.1, 0.15) is 5.03 Å². The SMILES string of the molecule is C#Cc1ccc2[nH]c(S(=O)(=O)N3CCN(C(=O)c4nc5c(s4)CC(=NO)CC5)CC3)cc2c1. The number of terminal acetylenes is 1. The molecule has 1 saturated heterocycles. The first kappa shape index (κ1) is 21.6. The van der Waals surface area contributed by atoms with E-state index in [4.69, 9.17) is 11.6 Å². The van der Waals surface area contributed by atoms with E-state index in [2.05, 4.69) is 21.0 Å². The first-order valence-electron chi connectivity index (χ1n) is 10.5. The lowest BCUT2D eigenvalue weighted by Gasteiger charge is -2.33. The van der Waals surface area contributed by atoms with Crippen molar-refractivity contribution in [3.8, 4) is 12.3 Å². The van der Waals surface area contributed by atoms with E-state index in [0.717, 1.165) is 16.0 Å². The lowest BCUT2D eigenvalue weighted by atomic mass is 10.0. The van der Waals surface area contributed by atoms with E-state index >= 15 is 0 Å². The molecule has 3 heterocycles. The Hall–Kier alpha value is -3.20. The fraction of sp³-hybridized carbons (Fsp3) is 0.318. The lowest BCUT2D eigenvalue weighted by molar-refractivity contribution is 0.0697. The summed E-state index contributed by atoms with van der Waals surface area (Å²) in [4.78, 5) is 23.0. The zero-order chi connectivity index (χ0) is 23.2. The van der Waals surface area contributed by atoms with E-state index in [0.29, 0.717) is 41.1 Å². The van der Waals surface area contributed by atoms with Crippen molar-refractivity contribution < 1.29 is 18.4 Å². The molecule has 170 valence electrons. The molecule has 5 rings (SSSR count). The van der Waals surface area contributed by atoms with E-state index in [1.165, 1.54) is 15.6 Å². The number of sulfonamides is 1. The van der Waals surface area contributed by atoms with Crippen LogP contribution in [0.3, 0.4) is 0 Å². The second-order valence-electron chi connectivity index (χ2n) is 8.01. The Morgan fingerprint density at radius 3 is 2.73 bits per heavy atom. The number of thiazole rings is 1. The topological polar surface area (TPSA) is 119 Å². The molecule has 3 aromatic rings. The number of fused-ring (bicyclic) bond motifs is 2. The Kier molecular flexibility index (Phi) is 5.44. The monoisotopic (exact) mass is 483 g/mol. The summed E-state index contributed by atoms with van der Waals surface area (Å²) >= 11 is 1.32. The highest BCUT2D eigenvalue weighted by Gasteiger charge is 2.33. The van der Waals surface area contributed by atoms with Crippen molar-refractivity contribution in [2.45, 2.75) is 24.3 Å². The van der Waals surface area contributed by atoms with Gasteiger partial charge < -0.3 is 15.1 Å². The van der Waals surface area contributed by atoms with Gasteiger partial charge in [-0.25, -0.2) is 13.4 Å². The number of hydrogen-bond donors (Lipinski definition) is 2. The largest absolute Gasteiger partial charge is 0.411 e. The maximum absolute atomic E-state index is 13.2. The van der Waals surface area contributed by atoms with Gasteiger partial charge in [0.15, 0.2) is 5.01 Å². The summed E-state index contributed by atoms with van der Waals surface area (Å²) in [6.07, 6.45) is 7.23. The molecule has 2 aliphatic rings. The zero-order valence-electron chi connectivity index (χ0n) is 17.6. The highest BCUT2D eigenvalue weighted by atomic mass is 32.2. The summed E-state index contributed by atoms with van der Waals surface area (Å²) in [6, 6.07) is 6.88. The average molecular weight is 484 g/mol. The highest BCUT2D eigenvalue weighted by Crippen LogP contribution is 2.28. The van der Waals surface area contributed by atoms with Gasteiger partial charge in [0, 0.05) is 53.9 Å². The van der Waals surface area contributed by atoms with Gasteiger partial charge in [-0.1, -0.05) is 11.1 Å². The first-order valence-corrected chi connectivity index (χ1v) is 12.7. The maximum Gasteiger partial charge on any atom is 0.282 e. The third kappa shape index (κ3) is 3.90. The van der Waals surface area contributed by atoms with Crippen LogP contribution in [0.1, 0.15) is 32.4 Å². The van der Waals surface area contributed by atoms with Gasteiger partial charge in [-0.15, -0.1) is 17.8 Å². The van der Waals surface area contributed by atoms with E-state index in [-0.39, 0.29) is 37.1 Å². The Morgan fingerprint density at radius 1 is 1.21 bits per heavy atom. The smallest absolute Gasteiger partial charge is 0.282 e. The number of aromatic amines is 1. The minimum absolute atomic E-state index is 0.111. The van der Waals surface area contributed by atoms with Crippen LogP contribution < -0.4 is 0 Å². The minimum Gasteiger partial charge on any atom is -0.411 e. The fourth-order valence-corrected chi connectivity index (χ4v) is 6.72. The third-order valence-electron chi connectivity index (χ3n) is 6.02. The number of aromatic nitrogens is 2. The molecule has 0 atom stereocenters. The van der Waals surface area contributed by atoms with Crippen LogP contribution in [-0.2, 0) is 22.9 Å². The molecule has 2 N–H and O–H groups in total. The van der Waals surface area contributed by atoms with Crippen LogP contribution >= 0.6 is 11.3 Å². The number of rotatable bonds is 3. The molecule has 0 saturated carbocycles. The summed E-state index contributed by atoms with van der Waals surface area (Å²) in [7, 11) is -3.73. The molecule has 11 heteroatoms. The molecule has 1 aromatic carbocycles. The van der Waals surface area contributed by atoms with Crippen molar-refractivity contribution >= 4 is 43.9 Å². The van der Waals surface area contributed by atoms with Crippen molar-refractivity contribution in [3.63, 3.8) is 0 Å². The third-order valence-corrected chi connectivity index (χ3v) is 8.93. The number of nitrogens with zero attached hydrogens (tertiary/aromatic N) is 4. The van der Waals surface area contributed by atoms with Crippen LogP contribution in [0.2, 0.25) is 0 Å². The van der Waals surface area contributed by atoms with Crippen LogP contribution in [0.25, 0.3) is 10.9 Å². The van der Waals surface area contributed by atoms with Crippen molar-refractivity contribution in [1.82, 2.24) is 19.2 Å². The number of nitrogens with one attached hydrogen (secondary N) is 1. The molecule has 9 nitrogen and oxygen atoms in total. The van der Waals surface area contributed by atoms with Crippen molar-refractivity contribution in [1.29, 1.82) is 0 Å². The quantitative estimate of drug-likeness (QED) is 0.336. The molecule has 33 heavy (non-hydrogen) atoms. The Balaban J connectivity index is 1.28. The summed E-state index contributed by atoms with van der Waals surface area (Å²) in [5.41, 5.74) is 2.95. The predicted molar refractivity (Wildman–Crippen MR) is 124 cm³/mol. The summed E-state index contributed by atoms with van der Waals surface area (Å²) in [6.45, 7) is 0.969. The standard InChI is InChI=1S/C22H21N5O4S2/c1-2-14-3-5-17-15(11-14)12-20(23-17)33(30,31)27-9-7-26(8-10-27)22(28)21-24-18-6-4-16(25-29)13-19(18)32-21/h1,3,5,11-12,23,29H,4,6-10,13H2. The Labute approximate surface area is 194 Å². The lowest BCUT2D eigenvalue weighted by Crippen LogP contribution is -2.50. The molecule has 0 bridgehead atoms. The Morgan fingerprint density at radius 2 is 2.00 bits per heavy atom. The molecular formula is C22H21N5O4S2. The van der Waals surface area contributed by atoms with Gasteiger partial charge in [-0.05, 0) is 37.1 Å². The van der Waals surface area contributed by atoms with Crippen LogP contribution in [-0.4, -0.2) is 70.6 Å². The van der Waals surface area contributed by atoms with Gasteiger partial charge >= 0.3 is 0 Å². The first-order chi connectivity index (χ1) is 15.9. The van der Waals surface area contributed by atoms with Crippen molar-refractivity contribution in [2.24, 2.45) is 5.16 Å². The van der Waals surface area contributed by atoms with E-state index < -0.39 is 10.0 Å². The molecule has 2 aromatic heterocycles. The van der Waals surface area contributed by atoms with Crippen LogP contribution in [0, 0.1) is 12.3 Å². The molecule has 1 fully saturated rings. The number of aryl methyl sites for hydroxylation is 1. The van der Waals surface area contributed by atoms with Gasteiger partial charge in [-0.2, -0.15) is 4.31 Å². The molecule has 1 aliphatic heterocycles. The zero-order valence-corrected chi connectivity index (χ0v) is 19.2. The average Bonchev–Trinajstić information content (AvgIpc) is 3.47. The van der Waals surface area contributed by atoms with Gasteiger partial charge in [0.25, 0.3) is 15.9 Å². The second-order valence-corrected chi connectivity index (χ2v) is 11.0. The van der Waals surface area contributed by atoms with Gasteiger partial charge in [0.05, 0.1) is 11.4 Å². The van der Waals surface area contributed by atoms with Crippen molar-refractivity contribution in [2.75, 3.05) is 26.2 Å². The van der Waals surface area contributed by atoms with Crippen LogP contribution in [0.5, 0.6) is 0 Å². The molecule has 0 spiro atoms. The number of carbonyl (C=O) groups excluding carboxylic acids is 1. The number of H-pyrrole nitrogens is 1. The van der Waals surface area contributed by atoms with Crippen LogP contribution in [0.15, 0.2) is 34.4 Å². The number of carbonyl (C=O) groups is 1. The van der Waals surface area contributed by atoms with Gasteiger partial charge in [-0.3, -0.25) is 4.79 Å². The van der Waals surface area contributed by atoms with E-state index in [1.807, 2.05) is 0 Å². The molecule has 0 radical (unpaired) electrons. The number of hydrogen-bond acceptors (Lipinski definition) is 7. The Bertz CT molecular complexity index is 1420.